The van der Waals surface area contributed by atoms with E-state index in [9.17, 15) is 4.79 Å². The van der Waals surface area contributed by atoms with E-state index >= 15 is 0 Å². The maximum Gasteiger partial charge on any atom is 0.335 e. The number of hydrogen-bond acceptors (Lipinski definition) is 2. The van der Waals surface area contributed by atoms with Crippen LogP contribution in [0.1, 0.15) is 56.8 Å². The second kappa shape index (κ2) is 10.5. The monoisotopic (exact) mass is 335 g/mol. The van der Waals surface area contributed by atoms with Gasteiger partial charge in [0.05, 0.1) is 13.6 Å². The van der Waals surface area contributed by atoms with Gasteiger partial charge in [-0.1, -0.05) is 64.2 Å². The Balaban J connectivity index is 2.47. The first-order valence-corrected chi connectivity index (χ1v) is 12.0. The van der Waals surface area contributed by atoms with Crippen LogP contribution < -0.4 is 5.32 Å². The van der Waals surface area contributed by atoms with E-state index in [1.54, 1.807) is 12.1 Å². The molecule has 0 radical (unpaired) electrons. The lowest BCUT2D eigenvalue weighted by Gasteiger charge is -2.31. The number of carboxylic acid groups (broad SMARTS) is 1. The van der Waals surface area contributed by atoms with Crippen LogP contribution in [0.2, 0.25) is 24.2 Å². The molecule has 0 spiro atoms. The van der Waals surface area contributed by atoms with Gasteiger partial charge in [0.2, 0.25) is 0 Å². The summed E-state index contributed by atoms with van der Waals surface area (Å²) in [5.74, 6) is -0.869. The molecule has 1 aromatic rings. The number of nitrogens with one attached hydrogen (secondary N) is 1. The Morgan fingerprint density at radius 1 is 0.957 bits per heavy atom. The van der Waals surface area contributed by atoms with E-state index < -0.39 is 14.0 Å². The largest absolute Gasteiger partial charge is 0.478 e. The molecule has 130 valence electrons. The van der Waals surface area contributed by atoms with Gasteiger partial charge in [-0.15, -0.1) is 0 Å². The van der Waals surface area contributed by atoms with E-state index in [0.717, 1.165) is 12.2 Å². The predicted octanol–water partition coefficient (Wildman–Crippen LogP) is 5.87. The van der Waals surface area contributed by atoms with Crippen LogP contribution in [-0.2, 0) is 0 Å². The van der Waals surface area contributed by atoms with Crippen LogP contribution in [0.4, 0.5) is 5.69 Å². The third-order valence-corrected chi connectivity index (χ3v) is 10.8. The molecule has 3 nitrogen and oxygen atoms in total. The Morgan fingerprint density at radius 3 is 1.91 bits per heavy atom. The Hall–Kier alpha value is -1.29. The van der Waals surface area contributed by atoms with Gasteiger partial charge in [-0.25, -0.2) is 4.79 Å². The Morgan fingerprint density at radius 2 is 1.48 bits per heavy atom. The third-order valence-electron chi connectivity index (χ3n) is 4.69. The van der Waals surface area contributed by atoms with Crippen molar-refractivity contribution in [2.75, 3.05) is 11.9 Å². The molecule has 4 heteroatoms. The summed E-state index contributed by atoms with van der Waals surface area (Å²) in [6, 6.07) is 12.9. The van der Waals surface area contributed by atoms with Gasteiger partial charge in [0.15, 0.2) is 0 Å². The minimum Gasteiger partial charge on any atom is -0.478 e. The fraction of sp³-hybridized carbons (Fsp3) is 0.632. The van der Waals surface area contributed by atoms with Crippen molar-refractivity contribution in [3.63, 3.8) is 0 Å². The van der Waals surface area contributed by atoms with Crippen LogP contribution in [0, 0.1) is 0 Å². The summed E-state index contributed by atoms with van der Waals surface area (Å²) in [5, 5.41) is 12.4. The molecular formula is C19H33NO2Si. The lowest BCUT2D eigenvalue weighted by molar-refractivity contribution is 0.0697. The third kappa shape index (κ3) is 6.77. The zero-order valence-corrected chi connectivity index (χ0v) is 16.0. The summed E-state index contributed by atoms with van der Waals surface area (Å²) in [7, 11) is -1.08. The normalized spacial score (nSPS) is 11.4. The Bertz CT molecular complexity index is 442. The van der Waals surface area contributed by atoms with Crippen molar-refractivity contribution in [1.82, 2.24) is 0 Å². The molecular weight excluding hydrogens is 302 g/mol. The van der Waals surface area contributed by atoms with E-state index in [0.29, 0.717) is 5.56 Å². The Kier molecular flexibility index (Phi) is 9.00. The Labute approximate surface area is 142 Å². The second-order valence-corrected chi connectivity index (χ2v) is 11.7. The fourth-order valence-electron chi connectivity index (χ4n) is 3.77. The summed E-state index contributed by atoms with van der Waals surface area (Å²) < 4.78 is 0. The number of rotatable bonds is 12. The standard InChI is InChI=1S/C19H33NO2Si/c1-4-13-23(14-5-2,15-6-3)16-7-12-20-18-10-8-17(9-11-18)19(21)22/h8-11,20H,4-7,12-16H2,1-3H3,(H,21,22). The highest BCUT2D eigenvalue weighted by Gasteiger charge is 2.28. The van der Waals surface area contributed by atoms with E-state index in [-0.39, 0.29) is 0 Å². The van der Waals surface area contributed by atoms with Gasteiger partial charge in [0.1, 0.15) is 0 Å². The van der Waals surface area contributed by atoms with Crippen molar-refractivity contribution < 1.29 is 9.90 Å². The molecule has 0 heterocycles. The first kappa shape index (κ1) is 19.8. The summed E-state index contributed by atoms with van der Waals surface area (Å²) in [5.41, 5.74) is 1.36. The van der Waals surface area contributed by atoms with Gasteiger partial charge < -0.3 is 10.4 Å². The van der Waals surface area contributed by atoms with E-state index in [4.69, 9.17) is 5.11 Å². The summed E-state index contributed by atoms with van der Waals surface area (Å²) >= 11 is 0. The minimum atomic E-state index is -1.08. The van der Waals surface area contributed by atoms with Gasteiger partial charge in [0.25, 0.3) is 0 Å². The fourth-order valence-corrected chi connectivity index (χ4v) is 9.38. The molecule has 0 aliphatic carbocycles. The molecule has 2 N–H and O–H groups in total. The van der Waals surface area contributed by atoms with Crippen LogP contribution in [0.3, 0.4) is 0 Å². The number of carboxylic acids is 1. The van der Waals surface area contributed by atoms with Crippen LogP contribution >= 0.6 is 0 Å². The van der Waals surface area contributed by atoms with Gasteiger partial charge in [-0.3, -0.25) is 0 Å². The number of anilines is 1. The van der Waals surface area contributed by atoms with Crippen LogP contribution in [0.25, 0.3) is 0 Å². The first-order valence-electron chi connectivity index (χ1n) is 9.14. The van der Waals surface area contributed by atoms with Crippen LogP contribution in [0.15, 0.2) is 24.3 Å². The minimum absolute atomic E-state index is 0.343. The van der Waals surface area contributed by atoms with E-state index in [1.165, 1.54) is 49.9 Å². The molecule has 1 rings (SSSR count). The molecule has 0 aliphatic rings. The van der Waals surface area contributed by atoms with Crippen molar-refractivity contribution in [2.45, 2.75) is 70.6 Å². The summed E-state index contributed by atoms with van der Waals surface area (Å²) in [6.07, 6.45) is 5.22. The highest BCUT2D eigenvalue weighted by molar-refractivity contribution is 6.79. The number of carbonyl (C=O) groups is 1. The van der Waals surface area contributed by atoms with Gasteiger partial charge >= 0.3 is 5.97 Å². The molecule has 1 aromatic carbocycles. The van der Waals surface area contributed by atoms with Crippen LogP contribution in [0.5, 0.6) is 0 Å². The number of hydrogen-bond donors (Lipinski definition) is 2. The molecule has 0 fully saturated rings. The second-order valence-electron chi connectivity index (χ2n) is 6.66. The number of benzene rings is 1. The first-order chi connectivity index (χ1) is 11.1. The average molecular weight is 336 g/mol. The van der Waals surface area contributed by atoms with Gasteiger partial charge in [0, 0.05) is 12.2 Å². The van der Waals surface area contributed by atoms with E-state index in [2.05, 4.69) is 26.1 Å². The molecule has 23 heavy (non-hydrogen) atoms. The van der Waals surface area contributed by atoms with Gasteiger partial charge in [-0.05, 0) is 30.7 Å². The van der Waals surface area contributed by atoms with Crippen LogP contribution in [-0.4, -0.2) is 25.7 Å². The van der Waals surface area contributed by atoms with Crippen molar-refractivity contribution in [1.29, 1.82) is 0 Å². The molecule has 0 atom stereocenters. The SMILES string of the molecule is CCC[Si](CCC)(CCC)CCCNc1ccc(C(=O)O)cc1. The topological polar surface area (TPSA) is 49.3 Å². The molecule has 0 unspecified atom stereocenters. The zero-order valence-electron chi connectivity index (χ0n) is 15.0. The lowest BCUT2D eigenvalue weighted by Crippen LogP contribution is -2.33. The number of aromatic carboxylic acids is 1. The molecule has 0 aromatic heterocycles. The highest BCUT2D eigenvalue weighted by Crippen LogP contribution is 2.31. The van der Waals surface area contributed by atoms with Gasteiger partial charge in [-0.2, -0.15) is 0 Å². The molecule has 0 saturated carbocycles. The maximum atomic E-state index is 10.9. The smallest absolute Gasteiger partial charge is 0.335 e. The molecule has 0 amide bonds. The average Bonchev–Trinajstić information content (AvgIpc) is 2.53. The summed E-state index contributed by atoms with van der Waals surface area (Å²) in [6.45, 7) is 7.97. The zero-order chi connectivity index (χ0) is 17.1. The molecule has 0 bridgehead atoms. The summed E-state index contributed by atoms with van der Waals surface area (Å²) in [4.78, 5) is 10.9. The highest BCUT2D eigenvalue weighted by atomic mass is 28.3. The van der Waals surface area contributed by atoms with Crippen molar-refractivity contribution in [3.8, 4) is 0 Å². The van der Waals surface area contributed by atoms with Crippen molar-refractivity contribution in [3.05, 3.63) is 29.8 Å². The molecule has 0 saturated heterocycles. The maximum absolute atomic E-state index is 10.9. The lowest BCUT2D eigenvalue weighted by atomic mass is 10.2. The molecule has 0 aliphatic heterocycles. The van der Waals surface area contributed by atoms with E-state index in [1.807, 2.05) is 12.1 Å². The van der Waals surface area contributed by atoms with Crippen molar-refractivity contribution >= 4 is 19.7 Å². The van der Waals surface area contributed by atoms with Crippen molar-refractivity contribution in [2.24, 2.45) is 0 Å². The quantitative estimate of drug-likeness (QED) is 0.371. The predicted molar refractivity (Wildman–Crippen MR) is 102 cm³/mol.